The number of aryl methyl sites for hydroxylation is 1. The molecule has 0 saturated carbocycles. The Balaban J connectivity index is 2.22. The number of thiazole rings is 1. The number of amides is 1. The summed E-state index contributed by atoms with van der Waals surface area (Å²) in [6.45, 7) is 2.24. The predicted molar refractivity (Wildman–Crippen MR) is 89.4 cm³/mol. The van der Waals surface area contributed by atoms with Crippen LogP contribution in [0.3, 0.4) is 0 Å². The standard InChI is InChI=1S/C16H11BrF2N2OS/c1-2-21-14-12(19)7-9(18)8-13(14)23-16(21)20-15(22)10-5-3-4-6-11(10)17/h3-8H,2H2,1H3. The zero-order valence-electron chi connectivity index (χ0n) is 12.0. The van der Waals surface area contributed by atoms with E-state index in [-0.39, 0.29) is 5.52 Å². The highest BCUT2D eigenvalue weighted by atomic mass is 79.9. The van der Waals surface area contributed by atoms with Crippen molar-refractivity contribution in [2.75, 3.05) is 0 Å². The van der Waals surface area contributed by atoms with Gasteiger partial charge in [0.25, 0.3) is 5.91 Å². The van der Waals surface area contributed by atoms with Crippen molar-refractivity contribution in [3.8, 4) is 0 Å². The molecule has 3 rings (SSSR count). The van der Waals surface area contributed by atoms with Crippen molar-refractivity contribution in [1.82, 2.24) is 4.57 Å². The number of hydrogen-bond acceptors (Lipinski definition) is 2. The molecule has 0 N–H and O–H groups in total. The molecule has 0 fully saturated rings. The van der Waals surface area contributed by atoms with E-state index >= 15 is 0 Å². The Labute approximate surface area is 143 Å². The van der Waals surface area contributed by atoms with E-state index in [1.165, 1.54) is 6.07 Å². The maximum atomic E-state index is 14.0. The summed E-state index contributed by atoms with van der Waals surface area (Å²) in [7, 11) is 0. The van der Waals surface area contributed by atoms with Crippen molar-refractivity contribution < 1.29 is 13.6 Å². The summed E-state index contributed by atoms with van der Waals surface area (Å²) in [5.41, 5.74) is 0.678. The normalized spacial score (nSPS) is 12.1. The Morgan fingerprint density at radius 2 is 2.04 bits per heavy atom. The van der Waals surface area contributed by atoms with E-state index in [0.717, 1.165) is 17.4 Å². The van der Waals surface area contributed by atoms with Gasteiger partial charge in [-0.3, -0.25) is 4.79 Å². The number of aromatic nitrogens is 1. The van der Waals surface area contributed by atoms with Crippen LogP contribution in [0.2, 0.25) is 0 Å². The van der Waals surface area contributed by atoms with Crippen molar-refractivity contribution in [2.24, 2.45) is 4.99 Å². The van der Waals surface area contributed by atoms with Crippen LogP contribution in [0.1, 0.15) is 17.3 Å². The smallest absolute Gasteiger partial charge is 0.280 e. The Kier molecular flexibility index (Phi) is 4.41. The van der Waals surface area contributed by atoms with Gasteiger partial charge in [-0.25, -0.2) is 8.78 Å². The molecule has 0 bridgehead atoms. The second-order valence-corrected chi connectivity index (χ2v) is 6.62. The lowest BCUT2D eigenvalue weighted by Crippen LogP contribution is -2.16. The molecule has 23 heavy (non-hydrogen) atoms. The highest BCUT2D eigenvalue weighted by Crippen LogP contribution is 2.22. The largest absolute Gasteiger partial charge is 0.314 e. The molecule has 0 aliphatic rings. The minimum absolute atomic E-state index is 0.262. The van der Waals surface area contributed by atoms with Gasteiger partial charge in [0.15, 0.2) is 10.6 Å². The summed E-state index contributed by atoms with van der Waals surface area (Å²) >= 11 is 4.39. The Hall–Kier alpha value is -1.86. The number of halogens is 3. The summed E-state index contributed by atoms with van der Waals surface area (Å²) in [5.74, 6) is -1.75. The quantitative estimate of drug-likeness (QED) is 0.627. The van der Waals surface area contributed by atoms with Crippen LogP contribution in [0.5, 0.6) is 0 Å². The molecule has 0 atom stereocenters. The first-order valence-corrected chi connectivity index (χ1v) is 8.44. The molecule has 0 saturated heterocycles. The lowest BCUT2D eigenvalue weighted by atomic mass is 10.2. The molecule has 1 amide bonds. The SMILES string of the molecule is CCn1c(=NC(=O)c2ccccc2Br)sc2cc(F)cc(F)c21. The number of nitrogens with zero attached hydrogens (tertiary/aromatic N) is 2. The third-order valence-corrected chi connectivity index (χ3v) is 5.03. The molecule has 2 aromatic carbocycles. The van der Waals surface area contributed by atoms with Gasteiger partial charge in [0.2, 0.25) is 0 Å². The first-order chi connectivity index (χ1) is 11.0. The van der Waals surface area contributed by atoms with E-state index < -0.39 is 17.5 Å². The molecular formula is C16H11BrF2N2OS. The van der Waals surface area contributed by atoms with Crippen molar-refractivity contribution in [2.45, 2.75) is 13.5 Å². The first kappa shape index (κ1) is 16.0. The van der Waals surface area contributed by atoms with E-state index in [4.69, 9.17) is 0 Å². The summed E-state index contributed by atoms with van der Waals surface area (Å²) in [5, 5.41) is 0. The van der Waals surface area contributed by atoms with E-state index in [1.54, 1.807) is 28.8 Å². The van der Waals surface area contributed by atoms with Crippen LogP contribution in [-0.4, -0.2) is 10.5 Å². The van der Waals surface area contributed by atoms with Gasteiger partial charge in [-0.1, -0.05) is 23.5 Å². The third kappa shape index (κ3) is 2.98. The third-order valence-electron chi connectivity index (χ3n) is 3.31. The fourth-order valence-electron chi connectivity index (χ4n) is 2.29. The van der Waals surface area contributed by atoms with Gasteiger partial charge in [-0.2, -0.15) is 4.99 Å². The summed E-state index contributed by atoms with van der Waals surface area (Å²) in [4.78, 5) is 16.8. The minimum Gasteiger partial charge on any atom is -0.314 e. The lowest BCUT2D eigenvalue weighted by molar-refractivity contribution is 0.0997. The van der Waals surface area contributed by atoms with Crippen molar-refractivity contribution >= 4 is 43.4 Å². The van der Waals surface area contributed by atoms with Crippen molar-refractivity contribution in [1.29, 1.82) is 0 Å². The molecule has 3 nitrogen and oxygen atoms in total. The van der Waals surface area contributed by atoms with Gasteiger partial charge in [-0.15, -0.1) is 0 Å². The van der Waals surface area contributed by atoms with Crippen molar-refractivity contribution in [3.05, 3.63) is 62.9 Å². The van der Waals surface area contributed by atoms with E-state index in [0.29, 0.717) is 26.1 Å². The molecule has 0 aliphatic heterocycles. The van der Waals surface area contributed by atoms with Gasteiger partial charge < -0.3 is 4.57 Å². The molecule has 1 heterocycles. The lowest BCUT2D eigenvalue weighted by Gasteiger charge is -2.02. The molecule has 7 heteroatoms. The van der Waals surface area contributed by atoms with Crippen LogP contribution in [-0.2, 0) is 6.54 Å². The van der Waals surface area contributed by atoms with Crippen LogP contribution in [0.15, 0.2) is 45.9 Å². The van der Waals surface area contributed by atoms with Gasteiger partial charge in [0.05, 0.1) is 15.8 Å². The van der Waals surface area contributed by atoms with Gasteiger partial charge >= 0.3 is 0 Å². The first-order valence-electron chi connectivity index (χ1n) is 6.83. The number of fused-ring (bicyclic) bond motifs is 1. The second kappa shape index (κ2) is 6.33. The molecule has 0 radical (unpaired) electrons. The topological polar surface area (TPSA) is 34.4 Å². The molecule has 0 unspecified atom stereocenters. The van der Waals surface area contributed by atoms with Gasteiger partial charge in [0.1, 0.15) is 5.82 Å². The van der Waals surface area contributed by atoms with Gasteiger partial charge in [0, 0.05) is 17.1 Å². The Morgan fingerprint density at radius 3 is 2.74 bits per heavy atom. The summed E-state index contributed by atoms with van der Waals surface area (Å²) in [6, 6.07) is 9.01. The van der Waals surface area contributed by atoms with Gasteiger partial charge in [-0.05, 0) is 41.1 Å². The molecular weight excluding hydrogens is 386 g/mol. The molecule has 1 aromatic heterocycles. The zero-order valence-corrected chi connectivity index (χ0v) is 14.4. The van der Waals surface area contributed by atoms with Crippen LogP contribution in [0.25, 0.3) is 10.2 Å². The summed E-state index contributed by atoms with van der Waals surface area (Å²) in [6.07, 6.45) is 0. The Bertz CT molecular complexity index is 978. The summed E-state index contributed by atoms with van der Waals surface area (Å²) < 4.78 is 30.0. The van der Waals surface area contributed by atoms with E-state index in [2.05, 4.69) is 20.9 Å². The molecule has 0 aliphatic carbocycles. The van der Waals surface area contributed by atoms with Crippen LogP contribution in [0, 0.1) is 11.6 Å². The number of benzene rings is 2. The maximum absolute atomic E-state index is 14.0. The van der Waals surface area contributed by atoms with Crippen LogP contribution >= 0.6 is 27.3 Å². The average molecular weight is 397 g/mol. The average Bonchev–Trinajstić information content (AvgIpc) is 2.84. The number of carbonyl (C=O) groups is 1. The number of hydrogen-bond donors (Lipinski definition) is 0. The number of rotatable bonds is 2. The Morgan fingerprint density at radius 1 is 1.30 bits per heavy atom. The van der Waals surface area contributed by atoms with Crippen LogP contribution in [0.4, 0.5) is 8.78 Å². The number of carbonyl (C=O) groups excluding carboxylic acids is 1. The fourth-order valence-corrected chi connectivity index (χ4v) is 3.88. The molecule has 0 spiro atoms. The predicted octanol–water partition coefficient (Wildman–Crippen LogP) is 4.50. The van der Waals surface area contributed by atoms with E-state index in [1.807, 2.05) is 6.92 Å². The minimum atomic E-state index is -0.659. The second-order valence-electron chi connectivity index (χ2n) is 4.76. The monoisotopic (exact) mass is 396 g/mol. The van der Waals surface area contributed by atoms with E-state index in [9.17, 15) is 13.6 Å². The highest BCUT2D eigenvalue weighted by molar-refractivity contribution is 9.10. The highest BCUT2D eigenvalue weighted by Gasteiger charge is 2.14. The maximum Gasteiger partial charge on any atom is 0.280 e. The fraction of sp³-hybridized carbons (Fsp3) is 0.125. The molecule has 118 valence electrons. The zero-order chi connectivity index (χ0) is 16.6. The van der Waals surface area contributed by atoms with Crippen LogP contribution < -0.4 is 4.80 Å². The van der Waals surface area contributed by atoms with Crippen molar-refractivity contribution in [3.63, 3.8) is 0 Å². The molecule has 3 aromatic rings.